The average Bonchev–Trinajstić information content (AvgIpc) is 3.06. The lowest BCUT2D eigenvalue weighted by atomic mass is 10.4. The number of likely N-dealkylation sites (N-methyl/N-ethyl adjacent to an activating group) is 1. The van der Waals surface area contributed by atoms with Gasteiger partial charge >= 0.3 is 5.97 Å². The molecule has 0 spiro atoms. The molecule has 0 saturated carbocycles. The number of aromatic nitrogens is 2. The van der Waals surface area contributed by atoms with Crippen LogP contribution in [0.4, 0.5) is 0 Å². The monoisotopic (exact) mass is 293 g/mol. The van der Waals surface area contributed by atoms with Crippen LogP contribution in [-0.4, -0.2) is 40.1 Å². The maximum Gasteiger partial charge on any atom is 0.325 e. The highest BCUT2D eigenvalue weighted by Gasteiger charge is 2.16. The minimum atomic E-state index is -0.443. The highest BCUT2D eigenvalue weighted by atomic mass is 32.1. The molecular weight excluding hydrogens is 278 g/mol. The molecule has 106 valence electrons. The zero-order chi connectivity index (χ0) is 14.5. The average molecular weight is 293 g/mol. The Kier molecular flexibility index (Phi) is 4.52. The maximum atomic E-state index is 11.9. The smallest absolute Gasteiger partial charge is 0.325 e. The Labute approximate surface area is 120 Å². The third kappa shape index (κ3) is 3.67. The van der Waals surface area contributed by atoms with Gasteiger partial charge in [0.05, 0.1) is 11.1 Å². The van der Waals surface area contributed by atoms with Crippen molar-refractivity contribution in [2.75, 3.05) is 13.6 Å². The van der Waals surface area contributed by atoms with Crippen LogP contribution in [0.25, 0.3) is 0 Å². The molecule has 0 aromatic carbocycles. The summed E-state index contributed by atoms with van der Waals surface area (Å²) in [6.07, 6.45) is 3.40. The van der Waals surface area contributed by atoms with Crippen molar-refractivity contribution in [2.45, 2.75) is 6.61 Å². The number of carbonyl (C=O) groups excluding carboxylic acids is 2. The standard InChI is InChI=1S/C13H15N3O3S/c1-15(13(18)11-4-3-5-20-11)8-12(17)19-9-10-6-14-16(2)7-10/h3-7H,8-9H2,1-2H3. The minimum Gasteiger partial charge on any atom is -0.459 e. The van der Waals surface area contributed by atoms with E-state index in [-0.39, 0.29) is 19.1 Å². The Morgan fingerprint density at radius 1 is 1.50 bits per heavy atom. The fourth-order valence-corrected chi connectivity index (χ4v) is 2.33. The highest BCUT2D eigenvalue weighted by Crippen LogP contribution is 2.11. The number of rotatable bonds is 5. The molecule has 0 aliphatic heterocycles. The van der Waals surface area contributed by atoms with Gasteiger partial charge in [-0.1, -0.05) is 6.07 Å². The molecule has 0 saturated heterocycles. The number of thiophene rings is 1. The Morgan fingerprint density at radius 3 is 2.90 bits per heavy atom. The van der Waals surface area contributed by atoms with Gasteiger partial charge in [0, 0.05) is 25.9 Å². The van der Waals surface area contributed by atoms with Crippen LogP contribution >= 0.6 is 11.3 Å². The lowest BCUT2D eigenvalue weighted by Crippen LogP contribution is -2.32. The topological polar surface area (TPSA) is 64.4 Å². The van der Waals surface area contributed by atoms with Crippen molar-refractivity contribution in [2.24, 2.45) is 7.05 Å². The van der Waals surface area contributed by atoms with Crippen molar-refractivity contribution in [3.8, 4) is 0 Å². The Bertz CT molecular complexity index is 592. The summed E-state index contributed by atoms with van der Waals surface area (Å²) in [7, 11) is 3.37. The van der Waals surface area contributed by atoms with Crippen LogP contribution in [0.1, 0.15) is 15.2 Å². The number of amides is 1. The number of hydrogen-bond acceptors (Lipinski definition) is 5. The molecule has 6 nitrogen and oxygen atoms in total. The van der Waals surface area contributed by atoms with E-state index in [0.717, 1.165) is 5.56 Å². The zero-order valence-electron chi connectivity index (χ0n) is 11.3. The third-order valence-corrected chi connectivity index (χ3v) is 3.46. The second-order valence-corrected chi connectivity index (χ2v) is 5.27. The molecule has 7 heteroatoms. The molecule has 0 atom stereocenters. The van der Waals surface area contributed by atoms with E-state index >= 15 is 0 Å². The van der Waals surface area contributed by atoms with Gasteiger partial charge in [-0.15, -0.1) is 11.3 Å². The molecule has 0 bridgehead atoms. The second kappa shape index (κ2) is 6.33. The van der Waals surface area contributed by atoms with E-state index < -0.39 is 5.97 Å². The normalized spacial score (nSPS) is 10.3. The first kappa shape index (κ1) is 14.3. The third-order valence-electron chi connectivity index (χ3n) is 2.60. The lowest BCUT2D eigenvalue weighted by Gasteiger charge is -2.15. The molecule has 2 rings (SSSR count). The predicted molar refractivity (Wildman–Crippen MR) is 74.3 cm³/mol. The quantitative estimate of drug-likeness (QED) is 0.779. The summed E-state index contributed by atoms with van der Waals surface area (Å²) in [6, 6.07) is 3.52. The van der Waals surface area contributed by atoms with Gasteiger partial charge in [-0.3, -0.25) is 14.3 Å². The van der Waals surface area contributed by atoms with E-state index in [1.807, 2.05) is 5.38 Å². The maximum absolute atomic E-state index is 11.9. The Hall–Kier alpha value is -2.15. The molecule has 0 aliphatic carbocycles. The molecule has 20 heavy (non-hydrogen) atoms. The molecule has 2 heterocycles. The van der Waals surface area contributed by atoms with Gasteiger partial charge in [0.15, 0.2) is 0 Å². The fraction of sp³-hybridized carbons (Fsp3) is 0.308. The van der Waals surface area contributed by atoms with Crippen molar-refractivity contribution < 1.29 is 14.3 Å². The summed E-state index contributed by atoms with van der Waals surface area (Å²) in [6.45, 7) is 0.0880. The van der Waals surface area contributed by atoms with E-state index in [1.165, 1.54) is 16.2 Å². The summed E-state index contributed by atoms with van der Waals surface area (Å²) in [5.41, 5.74) is 0.813. The molecular formula is C13H15N3O3S. The van der Waals surface area contributed by atoms with Crippen molar-refractivity contribution in [3.63, 3.8) is 0 Å². The highest BCUT2D eigenvalue weighted by molar-refractivity contribution is 7.12. The van der Waals surface area contributed by atoms with E-state index in [0.29, 0.717) is 4.88 Å². The molecule has 0 N–H and O–H groups in total. The number of carbonyl (C=O) groups is 2. The van der Waals surface area contributed by atoms with Crippen molar-refractivity contribution in [1.29, 1.82) is 0 Å². The first-order valence-electron chi connectivity index (χ1n) is 5.98. The van der Waals surface area contributed by atoms with Crippen LogP contribution in [-0.2, 0) is 23.2 Å². The van der Waals surface area contributed by atoms with Gasteiger partial charge in [0.2, 0.25) is 0 Å². The molecule has 0 aliphatic rings. The van der Waals surface area contributed by atoms with Gasteiger partial charge in [0.1, 0.15) is 13.2 Å². The van der Waals surface area contributed by atoms with Crippen LogP contribution < -0.4 is 0 Å². The summed E-state index contributed by atoms with van der Waals surface area (Å²) in [4.78, 5) is 25.6. The summed E-state index contributed by atoms with van der Waals surface area (Å²) < 4.78 is 6.73. The Balaban J connectivity index is 1.80. The van der Waals surface area contributed by atoms with Crippen molar-refractivity contribution >= 4 is 23.2 Å². The SMILES string of the molecule is CN(CC(=O)OCc1cnn(C)c1)C(=O)c1cccs1. The summed E-state index contributed by atoms with van der Waals surface area (Å²) >= 11 is 1.35. The van der Waals surface area contributed by atoms with E-state index in [4.69, 9.17) is 4.74 Å². The van der Waals surface area contributed by atoms with Crippen LogP contribution in [0.2, 0.25) is 0 Å². The summed E-state index contributed by atoms with van der Waals surface area (Å²) in [5, 5.41) is 5.80. The van der Waals surface area contributed by atoms with Gasteiger partial charge in [0.25, 0.3) is 5.91 Å². The molecule has 2 aromatic heterocycles. The minimum absolute atomic E-state index is 0.0724. The number of nitrogens with zero attached hydrogens (tertiary/aromatic N) is 3. The zero-order valence-corrected chi connectivity index (χ0v) is 12.1. The van der Waals surface area contributed by atoms with Gasteiger partial charge in [-0.05, 0) is 11.4 Å². The molecule has 0 fully saturated rings. The fourth-order valence-electron chi connectivity index (χ4n) is 1.61. The van der Waals surface area contributed by atoms with E-state index in [9.17, 15) is 9.59 Å². The van der Waals surface area contributed by atoms with Gasteiger partial charge in [-0.2, -0.15) is 5.10 Å². The number of aryl methyl sites for hydroxylation is 1. The van der Waals surface area contributed by atoms with Crippen LogP contribution in [0.3, 0.4) is 0 Å². The first-order chi connectivity index (χ1) is 9.56. The van der Waals surface area contributed by atoms with Crippen molar-refractivity contribution in [3.05, 3.63) is 40.3 Å². The van der Waals surface area contributed by atoms with Crippen LogP contribution in [0.5, 0.6) is 0 Å². The molecule has 0 radical (unpaired) electrons. The van der Waals surface area contributed by atoms with Gasteiger partial charge < -0.3 is 9.64 Å². The molecule has 1 amide bonds. The van der Waals surface area contributed by atoms with E-state index in [2.05, 4.69) is 5.10 Å². The Morgan fingerprint density at radius 2 is 2.30 bits per heavy atom. The van der Waals surface area contributed by atoms with E-state index in [1.54, 1.807) is 43.3 Å². The lowest BCUT2D eigenvalue weighted by molar-refractivity contribution is -0.145. The van der Waals surface area contributed by atoms with Crippen molar-refractivity contribution in [1.82, 2.24) is 14.7 Å². The van der Waals surface area contributed by atoms with Gasteiger partial charge in [-0.25, -0.2) is 0 Å². The number of esters is 1. The second-order valence-electron chi connectivity index (χ2n) is 4.32. The van der Waals surface area contributed by atoms with Crippen LogP contribution in [0.15, 0.2) is 29.9 Å². The molecule has 0 unspecified atom stereocenters. The van der Waals surface area contributed by atoms with Crippen LogP contribution in [0, 0.1) is 0 Å². The number of ether oxygens (including phenoxy) is 1. The molecule has 2 aromatic rings. The summed E-state index contributed by atoms with van der Waals surface area (Å²) in [5.74, 6) is -0.625. The number of hydrogen-bond donors (Lipinski definition) is 0. The predicted octanol–water partition coefficient (Wildman–Crippen LogP) is 1.30. The largest absolute Gasteiger partial charge is 0.459 e. The first-order valence-corrected chi connectivity index (χ1v) is 6.86.